The predicted octanol–water partition coefficient (Wildman–Crippen LogP) is 2.37. The Hall–Kier alpha value is -1.56. The molecule has 0 spiro atoms. The third-order valence-corrected chi connectivity index (χ3v) is 3.78. The second-order valence-corrected chi connectivity index (χ2v) is 6.86. The van der Waals surface area contributed by atoms with Gasteiger partial charge < -0.3 is 15.0 Å². The van der Waals surface area contributed by atoms with Crippen LogP contribution < -0.4 is 5.32 Å². The van der Waals surface area contributed by atoms with Crippen LogP contribution in [0.15, 0.2) is 17.5 Å². The molecule has 1 unspecified atom stereocenters. The fourth-order valence-electron chi connectivity index (χ4n) is 2.07. The molecule has 1 aliphatic rings. The van der Waals surface area contributed by atoms with Crippen LogP contribution in [0.2, 0.25) is 0 Å². The Labute approximate surface area is 122 Å². The van der Waals surface area contributed by atoms with E-state index in [1.807, 2.05) is 17.5 Å². The minimum atomic E-state index is -0.553. The monoisotopic (exact) mass is 296 g/mol. The second kappa shape index (κ2) is 5.83. The summed E-state index contributed by atoms with van der Waals surface area (Å²) in [5, 5.41) is 4.64. The van der Waals surface area contributed by atoms with Gasteiger partial charge in [0.15, 0.2) is 0 Å². The number of hydrogen-bond acceptors (Lipinski definition) is 4. The van der Waals surface area contributed by atoms with Gasteiger partial charge >= 0.3 is 6.09 Å². The van der Waals surface area contributed by atoms with Crippen LogP contribution in [0, 0.1) is 0 Å². The van der Waals surface area contributed by atoms with Crippen LogP contribution in [0.4, 0.5) is 4.79 Å². The molecule has 2 rings (SSSR count). The molecule has 0 radical (unpaired) electrons. The zero-order valence-electron chi connectivity index (χ0n) is 12.0. The van der Waals surface area contributed by atoms with Crippen molar-refractivity contribution in [3.63, 3.8) is 0 Å². The average molecular weight is 296 g/mol. The minimum Gasteiger partial charge on any atom is -0.444 e. The zero-order chi connectivity index (χ0) is 14.8. The zero-order valence-corrected chi connectivity index (χ0v) is 12.8. The van der Waals surface area contributed by atoms with Crippen LogP contribution in [-0.2, 0) is 16.1 Å². The quantitative estimate of drug-likeness (QED) is 0.931. The molecule has 6 heteroatoms. The first-order chi connectivity index (χ1) is 9.35. The van der Waals surface area contributed by atoms with Crippen molar-refractivity contribution >= 4 is 23.3 Å². The number of nitrogens with one attached hydrogen (secondary N) is 1. The third-order valence-electron chi connectivity index (χ3n) is 2.92. The van der Waals surface area contributed by atoms with Crippen molar-refractivity contribution in [2.24, 2.45) is 0 Å². The number of hydrogen-bond donors (Lipinski definition) is 1. The highest BCUT2D eigenvalue weighted by molar-refractivity contribution is 7.09. The maximum atomic E-state index is 12.2. The van der Waals surface area contributed by atoms with E-state index in [-0.39, 0.29) is 5.91 Å². The van der Waals surface area contributed by atoms with Gasteiger partial charge in [0.25, 0.3) is 0 Å². The van der Waals surface area contributed by atoms with Crippen LogP contribution in [0.3, 0.4) is 0 Å². The van der Waals surface area contributed by atoms with Gasteiger partial charge in [-0.25, -0.2) is 4.79 Å². The van der Waals surface area contributed by atoms with Crippen molar-refractivity contribution in [1.29, 1.82) is 0 Å². The normalized spacial score (nSPS) is 19.2. The van der Waals surface area contributed by atoms with Crippen LogP contribution >= 0.6 is 11.3 Å². The lowest BCUT2D eigenvalue weighted by Crippen LogP contribution is -2.43. The Kier molecular flexibility index (Phi) is 4.32. The number of carbonyl (C=O) groups is 2. The summed E-state index contributed by atoms with van der Waals surface area (Å²) in [7, 11) is 0. The highest BCUT2D eigenvalue weighted by atomic mass is 32.1. The van der Waals surface area contributed by atoms with Crippen LogP contribution in [0.1, 0.15) is 32.1 Å². The number of likely N-dealkylation sites (tertiary alicyclic amines) is 1. The van der Waals surface area contributed by atoms with Gasteiger partial charge in [0.1, 0.15) is 11.6 Å². The highest BCUT2D eigenvalue weighted by Gasteiger charge is 2.33. The molecule has 5 nitrogen and oxygen atoms in total. The SMILES string of the molecule is CC(C)(C)OC(=O)NC1CCN(Cc2cccs2)C1=O. The van der Waals surface area contributed by atoms with Crippen LogP contribution in [0.25, 0.3) is 0 Å². The van der Waals surface area contributed by atoms with Crippen molar-refractivity contribution in [2.75, 3.05) is 6.54 Å². The van der Waals surface area contributed by atoms with E-state index in [1.54, 1.807) is 37.0 Å². The Balaban J connectivity index is 1.86. The molecular weight excluding hydrogens is 276 g/mol. The summed E-state index contributed by atoms with van der Waals surface area (Å²) in [4.78, 5) is 26.8. The first kappa shape index (κ1) is 14.8. The lowest BCUT2D eigenvalue weighted by Gasteiger charge is -2.21. The molecule has 1 aliphatic heterocycles. The number of thiophene rings is 1. The van der Waals surface area contributed by atoms with E-state index in [2.05, 4.69) is 5.32 Å². The summed E-state index contributed by atoms with van der Waals surface area (Å²) in [6.45, 7) is 6.67. The Morgan fingerprint density at radius 1 is 1.55 bits per heavy atom. The van der Waals surface area contributed by atoms with E-state index >= 15 is 0 Å². The molecule has 0 aromatic carbocycles. The van der Waals surface area contributed by atoms with Crippen molar-refractivity contribution < 1.29 is 14.3 Å². The maximum Gasteiger partial charge on any atom is 0.408 e. The van der Waals surface area contributed by atoms with Crippen molar-refractivity contribution in [3.05, 3.63) is 22.4 Å². The summed E-state index contributed by atoms with van der Waals surface area (Å²) in [6, 6.07) is 3.51. The molecule has 0 aliphatic carbocycles. The van der Waals surface area contributed by atoms with Gasteiger partial charge in [-0.1, -0.05) is 6.07 Å². The van der Waals surface area contributed by atoms with E-state index in [1.165, 1.54) is 0 Å². The van der Waals surface area contributed by atoms with E-state index in [0.717, 1.165) is 4.88 Å². The molecule has 1 saturated heterocycles. The van der Waals surface area contributed by atoms with Gasteiger partial charge in [-0.15, -0.1) is 11.3 Å². The van der Waals surface area contributed by atoms with E-state index in [0.29, 0.717) is 19.5 Å². The standard InChI is InChI=1S/C14H20N2O3S/c1-14(2,3)19-13(18)15-11-6-7-16(12(11)17)9-10-5-4-8-20-10/h4-5,8,11H,6-7,9H2,1-3H3,(H,15,18). The molecule has 1 N–H and O–H groups in total. The topological polar surface area (TPSA) is 58.6 Å². The number of ether oxygens (including phenoxy) is 1. The van der Waals surface area contributed by atoms with E-state index in [4.69, 9.17) is 4.74 Å². The largest absolute Gasteiger partial charge is 0.444 e. The Bertz CT molecular complexity index is 479. The lowest BCUT2D eigenvalue weighted by atomic mass is 10.2. The maximum absolute atomic E-state index is 12.2. The van der Waals surface area contributed by atoms with Gasteiger partial charge in [0.05, 0.1) is 6.54 Å². The first-order valence-electron chi connectivity index (χ1n) is 6.66. The number of nitrogens with zero attached hydrogens (tertiary/aromatic N) is 1. The summed E-state index contributed by atoms with van der Waals surface area (Å²) in [5.41, 5.74) is -0.553. The number of alkyl carbamates (subject to hydrolysis) is 1. The van der Waals surface area contributed by atoms with Crippen LogP contribution in [0.5, 0.6) is 0 Å². The summed E-state index contributed by atoms with van der Waals surface area (Å²) in [5.74, 6) is -0.0377. The van der Waals surface area contributed by atoms with Crippen molar-refractivity contribution in [1.82, 2.24) is 10.2 Å². The molecule has 1 aromatic rings. The number of amides is 2. The van der Waals surface area contributed by atoms with Crippen LogP contribution in [-0.4, -0.2) is 35.1 Å². The molecule has 1 aromatic heterocycles. The fourth-order valence-corrected chi connectivity index (χ4v) is 2.79. The van der Waals surface area contributed by atoms with Gasteiger partial charge in [-0.3, -0.25) is 4.79 Å². The second-order valence-electron chi connectivity index (χ2n) is 5.83. The molecule has 1 fully saturated rings. The smallest absolute Gasteiger partial charge is 0.408 e. The first-order valence-corrected chi connectivity index (χ1v) is 7.54. The Morgan fingerprint density at radius 2 is 2.30 bits per heavy atom. The van der Waals surface area contributed by atoms with E-state index < -0.39 is 17.7 Å². The lowest BCUT2D eigenvalue weighted by molar-refractivity contribution is -0.129. The van der Waals surface area contributed by atoms with Gasteiger partial charge in [-0.2, -0.15) is 0 Å². The number of carbonyl (C=O) groups excluding carboxylic acids is 2. The predicted molar refractivity (Wildman–Crippen MR) is 77.5 cm³/mol. The van der Waals surface area contributed by atoms with Crippen molar-refractivity contribution in [3.8, 4) is 0 Å². The summed E-state index contributed by atoms with van der Waals surface area (Å²) >= 11 is 1.63. The summed E-state index contributed by atoms with van der Waals surface area (Å²) in [6.07, 6.45) is 0.0949. The molecule has 110 valence electrons. The molecule has 20 heavy (non-hydrogen) atoms. The molecule has 0 bridgehead atoms. The molecule has 2 amide bonds. The minimum absolute atomic E-state index is 0.0377. The number of rotatable bonds is 3. The Morgan fingerprint density at radius 3 is 2.90 bits per heavy atom. The van der Waals surface area contributed by atoms with Gasteiger partial charge in [-0.05, 0) is 38.6 Å². The van der Waals surface area contributed by atoms with Gasteiger partial charge in [0, 0.05) is 11.4 Å². The fraction of sp³-hybridized carbons (Fsp3) is 0.571. The van der Waals surface area contributed by atoms with Crippen molar-refractivity contribution in [2.45, 2.75) is 45.4 Å². The molecule has 2 heterocycles. The van der Waals surface area contributed by atoms with E-state index in [9.17, 15) is 9.59 Å². The average Bonchev–Trinajstić information content (AvgIpc) is 2.92. The molecular formula is C14H20N2O3S. The molecule has 0 saturated carbocycles. The highest BCUT2D eigenvalue weighted by Crippen LogP contribution is 2.18. The molecule has 1 atom stereocenters. The van der Waals surface area contributed by atoms with Gasteiger partial charge in [0.2, 0.25) is 5.91 Å². The summed E-state index contributed by atoms with van der Waals surface area (Å²) < 4.78 is 5.17. The third kappa shape index (κ3) is 3.96.